The third-order valence-corrected chi connectivity index (χ3v) is 5.39. The van der Waals surface area contributed by atoms with E-state index >= 15 is 0 Å². The number of benzene rings is 1. The Kier molecular flexibility index (Phi) is 6.69. The first-order valence-electron chi connectivity index (χ1n) is 6.74. The minimum atomic E-state index is -3.86. The van der Waals surface area contributed by atoms with E-state index in [1.807, 2.05) is 6.92 Å². The zero-order valence-corrected chi connectivity index (χ0v) is 15.4. The van der Waals surface area contributed by atoms with Crippen LogP contribution >= 0.6 is 26.6 Å². The summed E-state index contributed by atoms with van der Waals surface area (Å²) in [5, 5.41) is 0. The predicted octanol–water partition coefficient (Wildman–Crippen LogP) is 3.88. The normalized spacial score (nSPS) is 13.0. The fraction of sp³-hybridized carbons (Fsp3) is 0.500. The van der Waals surface area contributed by atoms with Gasteiger partial charge in [0.05, 0.1) is 10.5 Å². The average molecular weight is 397 g/mol. The minimum Gasteiger partial charge on any atom is -0.339 e. The van der Waals surface area contributed by atoms with Gasteiger partial charge >= 0.3 is 0 Å². The maximum atomic E-state index is 12.6. The van der Waals surface area contributed by atoms with Crippen LogP contribution in [0.4, 0.5) is 0 Å². The van der Waals surface area contributed by atoms with E-state index in [1.54, 1.807) is 4.90 Å². The number of halogens is 2. The van der Waals surface area contributed by atoms with Crippen LogP contribution in [0.1, 0.15) is 37.6 Å². The summed E-state index contributed by atoms with van der Waals surface area (Å²) < 4.78 is 23.4. The highest BCUT2D eigenvalue weighted by molar-refractivity contribution is 9.10. The van der Waals surface area contributed by atoms with Crippen LogP contribution in [0.15, 0.2) is 27.6 Å². The smallest absolute Gasteiger partial charge is 0.261 e. The van der Waals surface area contributed by atoms with E-state index in [4.69, 9.17) is 10.7 Å². The Bertz CT molecular complexity index is 619. The fourth-order valence-electron chi connectivity index (χ4n) is 1.85. The van der Waals surface area contributed by atoms with Crippen LogP contribution in [0.2, 0.25) is 0 Å². The molecule has 0 spiro atoms. The second-order valence-electron chi connectivity index (χ2n) is 4.94. The molecule has 1 atom stereocenters. The summed E-state index contributed by atoms with van der Waals surface area (Å²) in [5.74, 6) is 0.180. The second-order valence-corrected chi connectivity index (χ2v) is 8.36. The summed E-state index contributed by atoms with van der Waals surface area (Å²) in [4.78, 5) is 14.2. The van der Waals surface area contributed by atoms with Gasteiger partial charge in [-0.25, -0.2) is 8.42 Å². The van der Waals surface area contributed by atoms with Crippen LogP contribution in [-0.2, 0) is 9.05 Å². The molecular weight excluding hydrogens is 378 g/mol. The highest BCUT2D eigenvalue weighted by atomic mass is 79.9. The first kappa shape index (κ1) is 18.5. The lowest BCUT2D eigenvalue weighted by Crippen LogP contribution is -2.34. The standard InChI is InChI=1S/C14H19BrClNO3S/c1-4-10(3)9-17(5-2)14(18)12-8-11(21(16,19)20)6-7-13(12)15/h6-8,10H,4-5,9H2,1-3H3. The SMILES string of the molecule is CCC(C)CN(CC)C(=O)c1cc(S(=O)(=O)Cl)ccc1Br. The molecule has 1 amide bonds. The van der Waals surface area contributed by atoms with E-state index in [1.165, 1.54) is 18.2 Å². The van der Waals surface area contributed by atoms with Gasteiger partial charge in [-0.1, -0.05) is 20.3 Å². The summed E-state index contributed by atoms with van der Waals surface area (Å²) in [5.41, 5.74) is 0.307. The van der Waals surface area contributed by atoms with Gasteiger partial charge in [-0.15, -0.1) is 0 Å². The minimum absolute atomic E-state index is 0.0738. The Morgan fingerprint density at radius 2 is 2.00 bits per heavy atom. The molecule has 0 heterocycles. The Morgan fingerprint density at radius 3 is 2.48 bits per heavy atom. The number of carbonyl (C=O) groups excluding carboxylic acids is 1. The van der Waals surface area contributed by atoms with Gasteiger partial charge in [0.1, 0.15) is 0 Å². The molecule has 0 aromatic heterocycles. The molecule has 1 aromatic carbocycles. The quantitative estimate of drug-likeness (QED) is 0.686. The Morgan fingerprint density at radius 1 is 1.38 bits per heavy atom. The third-order valence-electron chi connectivity index (χ3n) is 3.35. The van der Waals surface area contributed by atoms with Crippen molar-refractivity contribution in [3.63, 3.8) is 0 Å². The first-order chi connectivity index (χ1) is 9.70. The molecule has 21 heavy (non-hydrogen) atoms. The number of amides is 1. The van der Waals surface area contributed by atoms with E-state index in [0.717, 1.165) is 6.42 Å². The molecule has 0 aliphatic heterocycles. The predicted molar refractivity (Wildman–Crippen MR) is 88.2 cm³/mol. The van der Waals surface area contributed by atoms with Crippen molar-refractivity contribution in [3.8, 4) is 0 Å². The molecule has 0 aliphatic rings. The number of carbonyl (C=O) groups is 1. The van der Waals surface area contributed by atoms with E-state index in [0.29, 0.717) is 29.0 Å². The summed E-state index contributed by atoms with van der Waals surface area (Å²) >= 11 is 3.29. The van der Waals surface area contributed by atoms with Gasteiger partial charge in [0.25, 0.3) is 15.0 Å². The molecule has 0 bridgehead atoms. The van der Waals surface area contributed by atoms with Crippen LogP contribution < -0.4 is 0 Å². The van der Waals surface area contributed by atoms with Crippen molar-refractivity contribution < 1.29 is 13.2 Å². The molecular formula is C14H19BrClNO3S. The topological polar surface area (TPSA) is 54.5 Å². The molecule has 1 rings (SSSR count). The molecule has 4 nitrogen and oxygen atoms in total. The van der Waals surface area contributed by atoms with Gasteiger partial charge in [-0.2, -0.15) is 0 Å². The van der Waals surface area contributed by atoms with Gasteiger partial charge in [-0.05, 0) is 47.0 Å². The van der Waals surface area contributed by atoms with E-state index in [2.05, 4.69) is 29.8 Å². The molecule has 0 aliphatic carbocycles. The lowest BCUT2D eigenvalue weighted by atomic mass is 10.1. The average Bonchev–Trinajstić information content (AvgIpc) is 2.42. The summed E-state index contributed by atoms with van der Waals surface area (Å²) in [7, 11) is 1.48. The van der Waals surface area contributed by atoms with Crippen LogP contribution in [0.3, 0.4) is 0 Å². The van der Waals surface area contributed by atoms with Gasteiger partial charge in [0.2, 0.25) is 0 Å². The van der Waals surface area contributed by atoms with Gasteiger partial charge in [-0.3, -0.25) is 4.79 Å². The van der Waals surface area contributed by atoms with Gasteiger partial charge < -0.3 is 4.90 Å². The summed E-state index contributed by atoms with van der Waals surface area (Å²) in [6, 6.07) is 4.21. The summed E-state index contributed by atoms with van der Waals surface area (Å²) in [6.45, 7) is 7.24. The largest absolute Gasteiger partial charge is 0.339 e. The number of hydrogen-bond acceptors (Lipinski definition) is 3. The molecule has 118 valence electrons. The molecule has 0 saturated heterocycles. The van der Waals surface area contributed by atoms with Crippen LogP contribution in [0, 0.1) is 5.92 Å². The van der Waals surface area contributed by atoms with Gasteiger partial charge in [0.15, 0.2) is 0 Å². The van der Waals surface area contributed by atoms with E-state index < -0.39 is 9.05 Å². The fourth-order valence-corrected chi connectivity index (χ4v) is 3.04. The molecule has 0 radical (unpaired) electrons. The van der Waals surface area contributed by atoms with Crippen molar-refractivity contribution in [3.05, 3.63) is 28.2 Å². The van der Waals surface area contributed by atoms with Crippen molar-refractivity contribution in [2.24, 2.45) is 5.92 Å². The lowest BCUT2D eigenvalue weighted by Gasteiger charge is -2.24. The van der Waals surface area contributed by atoms with Crippen molar-refractivity contribution in [1.82, 2.24) is 4.90 Å². The molecule has 7 heteroatoms. The van der Waals surface area contributed by atoms with Crippen LogP contribution in [0.5, 0.6) is 0 Å². The first-order valence-corrected chi connectivity index (χ1v) is 9.84. The molecule has 0 N–H and O–H groups in total. The second kappa shape index (κ2) is 7.61. The third kappa shape index (κ3) is 4.97. The summed E-state index contributed by atoms with van der Waals surface area (Å²) in [6.07, 6.45) is 0.973. The zero-order valence-electron chi connectivity index (χ0n) is 12.3. The van der Waals surface area contributed by atoms with Gasteiger partial charge in [0, 0.05) is 28.2 Å². The molecule has 1 unspecified atom stereocenters. The Hall–Kier alpha value is -0.590. The van der Waals surface area contributed by atoms with Crippen LogP contribution in [-0.4, -0.2) is 32.3 Å². The van der Waals surface area contributed by atoms with Crippen molar-refractivity contribution in [2.75, 3.05) is 13.1 Å². The lowest BCUT2D eigenvalue weighted by molar-refractivity contribution is 0.0739. The van der Waals surface area contributed by atoms with Crippen molar-refractivity contribution >= 4 is 41.6 Å². The van der Waals surface area contributed by atoms with E-state index in [-0.39, 0.29) is 10.8 Å². The highest BCUT2D eigenvalue weighted by Gasteiger charge is 2.21. The maximum Gasteiger partial charge on any atom is 0.261 e. The molecule has 0 saturated carbocycles. The number of rotatable bonds is 6. The number of hydrogen-bond donors (Lipinski definition) is 0. The molecule has 0 fully saturated rings. The highest BCUT2D eigenvalue weighted by Crippen LogP contribution is 2.25. The van der Waals surface area contributed by atoms with E-state index in [9.17, 15) is 13.2 Å². The Balaban J connectivity index is 3.16. The number of nitrogens with zero attached hydrogens (tertiary/aromatic N) is 1. The van der Waals surface area contributed by atoms with Crippen LogP contribution in [0.25, 0.3) is 0 Å². The molecule has 1 aromatic rings. The Labute approximate surface area is 139 Å². The van der Waals surface area contributed by atoms with Crippen molar-refractivity contribution in [2.45, 2.75) is 32.1 Å². The monoisotopic (exact) mass is 395 g/mol. The van der Waals surface area contributed by atoms with Crippen molar-refractivity contribution in [1.29, 1.82) is 0 Å². The maximum absolute atomic E-state index is 12.6. The zero-order chi connectivity index (χ0) is 16.2.